The van der Waals surface area contributed by atoms with Gasteiger partial charge in [-0.15, -0.1) is 0 Å². The molecular weight excluding hydrogens is 228 g/mol. The molecule has 0 aliphatic carbocycles. The third-order valence-electron chi connectivity index (χ3n) is 2.02. The molecule has 7 heteroatoms. The Balaban J connectivity index is 3.93. The lowest BCUT2D eigenvalue weighted by Gasteiger charge is -2.16. The molecule has 7 nitrogen and oxygen atoms in total. The summed E-state index contributed by atoms with van der Waals surface area (Å²) in [5, 5.41) is 22.1. The molecule has 0 aromatic rings. The van der Waals surface area contributed by atoms with Crippen molar-refractivity contribution in [2.75, 3.05) is 19.8 Å². The van der Waals surface area contributed by atoms with E-state index in [-0.39, 0.29) is 19.1 Å². The molecule has 0 radical (unpaired) electrons. The fourth-order valence-electron chi connectivity index (χ4n) is 1.18. The Morgan fingerprint density at radius 3 is 2.53 bits per heavy atom. The van der Waals surface area contributed by atoms with E-state index in [0.717, 1.165) is 0 Å². The predicted molar refractivity (Wildman–Crippen MR) is 60.7 cm³/mol. The minimum Gasteiger partial charge on any atom is -0.480 e. The highest BCUT2D eigenvalue weighted by Crippen LogP contribution is 1.92. The fourth-order valence-corrected chi connectivity index (χ4v) is 1.18. The normalized spacial score (nSPS) is 13.8. The van der Waals surface area contributed by atoms with Crippen molar-refractivity contribution >= 4 is 12.0 Å². The van der Waals surface area contributed by atoms with E-state index in [2.05, 4.69) is 10.6 Å². The number of nitrogens with one attached hydrogen (secondary N) is 2. The van der Waals surface area contributed by atoms with Crippen molar-refractivity contribution in [3.63, 3.8) is 0 Å². The van der Waals surface area contributed by atoms with E-state index >= 15 is 0 Å². The van der Waals surface area contributed by atoms with Gasteiger partial charge in [0.1, 0.15) is 6.04 Å². The first kappa shape index (κ1) is 15.7. The summed E-state index contributed by atoms with van der Waals surface area (Å²) < 4.78 is 5.19. The molecule has 0 aliphatic heterocycles. The summed E-state index contributed by atoms with van der Waals surface area (Å²) in [6, 6.07) is -1.67. The van der Waals surface area contributed by atoms with E-state index in [1.54, 1.807) is 6.92 Å². The van der Waals surface area contributed by atoms with Gasteiger partial charge < -0.3 is 25.6 Å². The number of aliphatic carboxylic acids is 1. The summed E-state index contributed by atoms with van der Waals surface area (Å²) in [5.74, 6) is -1.17. The quantitative estimate of drug-likeness (QED) is 0.465. The number of carboxylic acid groups (broad SMARTS) is 1. The average Bonchev–Trinajstić information content (AvgIpc) is 2.26. The highest BCUT2D eigenvalue weighted by atomic mass is 16.5. The van der Waals surface area contributed by atoms with E-state index in [9.17, 15) is 9.59 Å². The Kier molecular flexibility index (Phi) is 8.08. The number of aliphatic hydroxyl groups excluding tert-OH is 1. The van der Waals surface area contributed by atoms with Crippen LogP contribution >= 0.6 is 0 Å². The highest BCUT2D eigenvalue weighted by Gasteiger charge is 2.19. The highest BCUT2D eigenvalue weighted by molar-refractivity contribution is 5.82. The van der Waals surface area contributed by atoms with Gasteiger partial charge in [-0.3, -0.25) is 0 Å². The largest absolute Gasteiger partial charge is 0.480 e. The number of hydrogen-bond donors (Lipinski definition) is 4. The SMILES string of the molecule is CCOC(C)CNC(=O)N[C@@H](CCO)C(=O)O. The molecule has 0 aromatic heterocycles. The number of urea groups is 1. The summed E-state index contributed by atoms with van der Waals surface area (Å²) in [7, 11) is 0. The van der Waals surface area contributed by atoms with Crippen molar-refractivity contribution < 1.29 is 24.5 Å². The summed E-state index contributed by atoms with van der Waals surface area (Å²) >= 11 is 0. The molecule has 4 N–H and O–H groups in total. The minimum atomic E-state index is -1.17. The Bertz CT molecular complexity index is 247. The first-order chi connectivity index (χ1) is 8.01. The smallest absolute Gasteiger partial charge is 0.326 e. The van der Waals surface area contributed by atoms with Crippen LogP contribution in [0.5, 0.6) is 0 Å². The van der Waals surface area contributed by atoms with Crippen LogP contribution in [0.2, 0.25) is 0 Å². The molecule has 0 fully saturated rings. The number of hydrogen-bond acceptors (Lipinski definition) is 4. The van der Waals surface area contributed by atoms with Crippen LogP contribution in [0.3, 0.4) is 0 Å². The second-order valence-electron chi connectivity index (χ2n) is 3.52. The molecular formula is C10H20N2O5. The number of carbonyl (C=O) groups excluding carboxylic acids is 1. The van der Waals surface area contributed by atoms with E-state index in [1.807, 2.05) is 6.92 Å². The summed E-state index contributed by atoms with van der Waals surface area (Å²) in [5.41, 5.74) is 0. The second kappa shape index (κ2) is 8.77. The molecule has 100 valence electrons. The lowest BCUT2D eigenvalue weighted by atomic mass is 10.2. The van der Waals surface area contributed by atoms with Crippen LogP contribution in [0.25, 0.3) is 0 Å². The molecule has 0 saturated carbocycles. The predicted octanol–water partition coefficient (Wildman–Crippen LogP) is -0.454. The summed E-state index contributed by atoms with van der Waals surface area (Å²) in [4.78, 5) is 22.0. The number of rotatable bonds is 8. The third kappa shape index (κ3) is 7.53. The number of amides is 2. The molecule has 1 unspecified atom stereocenters. The maximum atomic E-state index is 11.3. The summed E-state index contributed by atoms with van der Waals surface area (Å²) in [6.07, 6.45) is -0.157. The second-order valence-corrected chi connectivity index (χ2v) is 3.52. The van der Waals surface area contributed by atoms with Gasteiger partial charge in [-0.2, -0.15) is 0 Å². The van der Waals surface area contributed by atoms with Gasteiger partial charge in [-0.25, -0.2) is 9.59 Å². The topological polar surface area (TPSA) is 108 Å². The van der Waals surface area contributed by atoms with Gasteiger partial charge in [0.25, 0.3) is 0 Å². The molecule has 2 atom stereocenters. The van der Waals surface area contributed by atoms with Crippen LogP contribution in [0.15, 0.2) is 0 Å². The molecule has 0 rings (SSSR count). The van der Waals surface area contributed by atoms with Gasteiger partial charge in [-0.1, -0.05) is 0 Å². The molecule has 0 aliphatic rings. The standard InChI is InChI=1S/C10H20N2O5/c1-3-17-7(2)6-11-10(16)12-8(4-5-13)9(14)15/h7-8,13H,3-6H2,1-2H3,(H,14,15)(H2,11,12,16)/t7?,8-/m0/s1. The van der Waals surface area contributed by atoms with Gasteiger partial charge >= 0.3 is 12.0 Å². The molecule has 0 saturated heterocycles. The number of aliphatic hydroxyl groups is 1. The maximum absolute atomic E-state index is 11.3. The Hall–Kier alpha value is -1.34. The maximum Gasteiger partial charge on any atom is 0.326 e. The fraction of sp³-hybridized carbons (Fsp3) is 0.800. The first-order valence-electron chi connectivity index (χ1n) is 5.50. The van der Waals surface area contributed by atoms with Crippen LogP contribution in [0.4, 0.5) is 4.79 Å². The molecule has 0 spiro atoms. The van der Waals surface area contributed by atoms with Gasteiger partial charge in [0, 0.05) is 26.2 Å². The van der Waals surface area contributed by atoms with Crippen molar-refractivity contribution in [1.82, 2.24) is 10.6 Å². The average molecular weight is 248 g/mol. The lowest BCUT2D eigenvalue weighted by Crippen LogP contribution is -2.47. The van der Waals surface area contributed by atoms with Crippen LogP contribution in [-0.2, 0) is 9.53 Å². The molecule has 0 bridgehead atoms. The van der Waals surface area contributed by atoms with Crippen molar-refractivity contribution in [2.24, 2.45) is 0 Å². The van der Waals surface area contributed by atoms with Gasteiger partial charge in [-0.05, 0) is 13.8 Å². The molecule has 17 heavy (non-hydrogen) atoms. The molecule has 0 heterocycles. The number of carboxylic acids is 1. The monoisotopic (exact) mass is 248 g/mol. The van der Waals surface area contributed by atoms with E-state index in [0.29, 0.717) is 13.2 Å². The van der Waals surface area contributed by atoms with Crippen molar-refractivity contribution in [3.8, 4) is 0 Å². The number of carbonyl (C=O) groups is 2. The first-order valence-corrected chi connectivity index (χ1v) is 5.50. The molecule has 0 aromatic carbocycles. The number of ether oxygens (including phenoxy) is 1. The van der Waals surface area contributed by atoms with E-state index < -0.39 is 18.0 Å². The minimum absolute atomic E-state index is 0.0240. The van der Waals surface area contributed by atoms with Crippen LogP contribution in [-0.4, -0.2) is 54.1 Å². The van der Waals surface area contributed by atoms with E-state index in [1.165, 1.54) is 0 Å². The van der Waals surface area contributed by atoms with E-state index in [4.69, 9.17) is 14.9 Å². The van der Waals surface area contributed by atoms with Crippen molar-refractivity contribution in [2.45, 2.75) is 32.4 Å². The molecule has 2 amide bonds. The zero-order valence-electron chi connectivity index (χ0n) is 10.1. The Morgan fingerprint density at radius 2 is 2.06 bits per heavy atom. The van der Waals surface area contributed by atoms with Crippen molar-refractivity contribution in [1.29, 1.82) is 0 Å². The van der Waals surface area contributed by atoms with Gasteiger partial charge in [0.15, 0.2) is 0 Å². The lowest BCUT2D eigenvalue weighted by molar-refractivity contribution is -0.139. The Morgan fingerprint density at radius 1 is 1.41 bits per heavy atom. The summed E-state index contributed by atoms with van der Waals surface area (Å²) in [6.45, 7) is 4.19. The Labute approximate surface area is 100 Å². The van der Waals surface area contributed by atoms with Crippen molar-refractivity contribution in [3.05, 3.63) is 0 Å². The van der Waals surface area contributed by atoms with Crippen LogP contribution < -0.4 is 10.6 Å². The van der Waals surface area contributed by atoms with Crippen LogP contribution in [0.1, 0.15) is 20.3 Å². The zero-order valence-corrected chi connectivity index (χ0v) is 10.1. The van der Waals surface area contributed by atoms with Gasteiger partial charge in [0.2, 0.25) is 0 Å². The zero-order chi connectivity index (χ0) is 13.3. The third-order valence-corrected chi connectivity index (χ3v) is 2.02. The van der Waals surface area contributed by atoms with Gasteiger partial charge in [0.05, 0.1) is 6.10 Å². The van der Waals surface area contributed by atoms with Crippen LogP contribution in [0, 0.1) is 0 Å².